The number of hydrogen-bond acceptors (Lipinski definition) is 9. The number of aryl methyl sites for hydroxylation is 1. The number of ketones is 1. The van der Waals surface area contributed by atoms with Crippen LogP contribution < -0.4 is 9.64 Å². The maximum Gasteiger partial charge on any atom is 0.301 e. The van der Waals surface area contributed by atoms with Crippen LogP contribution in [0, 0.1) is 12.7 Å². The summed E-state index contributed by atoms with van der Waals surface area (Å²) in [5.74, 6) is -1.12. The molecule has 1 saturated heterocycles. The summed E-state index contributed by atoms with van der Waals surface area (Å²) in [6, 6.07) is 17.8. The second-order valence-corrected chi connectivity index (χ2v) is 12.4. The number of halogens is 1. The number of benzene rings is 2. The minimum atomic E-state index is -0.976. The number of fused-ring (bicyclic) bond motifs is 1. The van der Waals surface area contributed by atoms with Crippen molar-refractivity contribution in [2.75, 3.05) is 11.5 Å². The average molecular weight is 630 g/mol. The molecule has 1 fully saturated rings. The summed E-state index contributed by atoms with van der Waals surface area (Å²) in [5, 5.41) is 20.5. The Kier molecular flexibility index (Phi) is 8.45. The summed E-state index contributed by atoms with van der Waals surface area (Å²) in [4.78, 5) is 33.2. The van der Waals surface area contributed by atoms with Crippen LogP contribution in [-0.2, 0) is 15.3 Å². The number of thioether (sulfide) groups is 1. The molecular weight excluding hydrogens is 602 g/mol. The molecule has 1 aliphatic rings. The Balaban J connectivity index is 1.40. The first-order chi connectivity index (χ1) is 21.4. The first-order valence-electron chi connectivity index (χ1n) is 14.0. The Morgan fingerprint density at radius 2 is 1.84 bits per heavy atom. The molecule has 0 spiro atoms. The Bertz CT molecular complexity index is 1870. The largest absolute Gasteiger partial charge is 0.505 e. The number of amides is 1. The van der Waals surface area contributed by atoms with Crippen LogP contribution in [0.4, 0.5) is 9.52 Å². The van der Waals surface area contributed by atoms with Crippen molar-refractivity contribution in [2.24, 2.45) is 0 Å². The standard InChI is InChI=1S/C32H28FN5O4S2/c1-3-4-17-42-23-14-10-21(11-15-23)27-25(28(39)26-19(2)34-24-7-5-6-16-37(24)26)29(40)30(41)38(27)31-35-36-32(44-31)43-18-20-8-12-22(33)13-9-20/h5-16,27,39H,3-4,17-18H2,1-2H3. The van der Waals surface area contributed by atoms with E-state index in [0.29, 0.717) is 45.0 Å². The molecule has 4 heterocycles. The quantitative estimate of drug-likeness (QED) is 0.0452. The van der Waals surface area contributed by atoms with Crippen LogP contribution >= 0.6 is 23.1 Å². The molecule has 9 nitrogen and oxygen atoms in total. The van der Waals surface area contributed by atoms with Crippen molar-refractivity contribution in [1.29, 1.82) is 0 Å². The van der Waals surface area contributed by atoms with Gasteiger partial charge in [-0.15, -0.1) is 10.2 Å². The molecule has 0 bridgehead atoms. The summed E-state index contributed by atoms with van der Waals surface area (Å²) in [6.45, 7) is 4.40. The molecule has 0 saturated carbocycles. The number of Topliss-reactive ketones (excluding diaryl/α,β-unsaturated/α-hetero) is 1. The highest BCUT2D eigenvalue weighted by atomic mass is 32.2. The molecule has 2 aromatic carbocycles. The van der Waals surface area contributed by atoms with Gasteiger partial charge in [-0.25, -0.2) is 9.37 Å². The Labute approximate surface area is 261 Å². The number of imidazole rings is 1. The maximum atomic E-state index is 13.7. The molecule has 0 radical (unpaired) electrons. The van der Waals surface area contributed by atoms with E-state index in [1.54, 1.807) is 66.1 Å². The molecule has 44 heavy (non-hydrogen) atoms. The van der Waals surface area contributed by atoms with Crippen molar-refractivity contribution in [3.8, 4) is 5.75 Å². The fourth-order valence-electron chi connectivity index (χ4n) is 5.04. The van der Waals surface area contributed by atoms with Gasteiger partial charge in [0.05, 0.1) is 23.9 Å². The van der Waals surface area contributed by atoms with Crippen molar-refractivity contribution in [3.63, 3.8) is 0 Å². The first kappa shape index (κ1) is 29.5. The highest BCUT2D eigenvalue weighted by Crippen LogP contribution is 2.44. The van der Waals surface area contributed by atoms with E-state index in [0.717, 1.165) is 29.7 Å². The van der Waals surface area contributed by atoms with Crippen LogP contribution in [0.15, 0.2) is 82.8 Å². The van der Waals surface area contributed by atoms with Crippen LogP contribution in [-0.4, -0.2) is 43.0 Å². The van der Waals surface area contributed by atoms with E-state index in [-0.39, 0.29) is 22.3 Å². The summed E-state index contributed by atoms with van der Waals surface area (Å²) in [6.07, 6.45) is 3.66. The van der Waals surface area contributed by atoms with Gasteiger partial charge in [0.25, 0.3) is 5.78 Å². The van der Waals surface area contributed by atoms with Gasteiger partial charge in [-0.3, -0.25) is 18.9 Å². The summed E-state index contributed by atoms with van der Waals surface area (Å²) in [5.41, 5.74) is 2.86. The predicted octanol–water partition coefficient (Wildman–Crippen LogP) is 6.73. The third kappa shape index (κ3) is 5.70. The fraction of sp³-hybridized carbons (Fsp3) is 0.219. The number of hydrogen-bond donors (Lipinski definition) is 1. The molecule has 5 aromatic rings. The molecule has 1 atom stereocenters. The molecular formula is C32H28FN5O4S2. The number of ether oxygens (including phenoxy) is 1. The van der Waals surface area contributed by atoms with Gasteiger partial charge in [0.15, 0.2) is 10.1 Å². The number of nitrogens with zero attached hydrogens (tertiary/aromatic N) is 5. The zero-order valence-corrected chi connectivity index (χ0v) is 25.6. The van der Waals surface area contributed by atoms with E-state index in [2.05, 4.69) is 22.1 Å². The van der Waals surface area contributed by atoms with Crippen molar-refractivity contribution in [2.45, 2.75) is 42.8 Å². The lowest BCUT2D eigenvalue weighted by Gasteiger charge is -2.22. The minimum absolute atomic E-state index is 0.0703. The monoisotopic (exact) mass is 629 g/mol. The van der Waals surface area contributed by atoms with Gasteiger partial charge in [-0.1, -0.05) is 66.8 Å². The number of anilines is 1. The zero-order valence-electron chi connectivity index (χ0n) is 23.9. The van der Waals surface area contributed by atoms with E-state index < -0.39 is 17.7 Å². The summed E-state index contributed by atoms with van der Waals surface area (Å²) >= 11 is 2.55. The van der Waals surface area contributed by atoms with Gasteiger partial charge in [0, 0.05) is 11.9 Å². The third-order valence-electron chi connectivity index (χ3n) is 7.21. The lowest BCUT2D eigenvalue weighted by molar-refractivity contribution is -0.132. The van der Waals surface area contributed by atoms with E-state index in [1.165, 1.54) is 28.8 Å². The summed E-state index contributed by atoms with van der Waals surface area (Å²) in [7, 11) is 0. The third-order valence-corrected chi connectivity index (χ3v) is 9.34. The molecule has 6 rings (SSSR count). The molecule has 1 amide bonds. The van der Waals surface area contributed by atoms with Gasteiger partial charge >= 0.3 is 5.91 Å². The molecule has 1 N–H and O–H groups in total. The number of pyridine rings is 1. The molecule has 0 aliphatic carbocycles. The average Bonchev–Trinajstić information content (AvgIpc) is 3.70. The van der Waals surface area contributed by atoms with E-state index in [4.69, 9.17) is 4.74 Å². The Morgan fingerprint density at radius 3 is 2.59 bits per heavy atom. The number of aliphatic hydroxyl groups is 1. The second kappa shape index (κ2) is 12.6. The Hall–Kier alpha value is -4.55. The van der Waals surface area contributed by atoms with Crippen LogP contribution in [0.2, 0.25) is 0 Å². The van der Waals surface area contributed by atoms with Crippen molar-refractivity contribution >= 4 is 51.3 Å². The number of unbranched alkanes of at least 4 members (excludes halogenated alkanes) is 1. The highest BCUT2D eigenvalue weighted by molar-refractivity contribution is 8.00. The van der Waals surface area contributed by atoms with Gasteiger partial charge in [0.2, 0.25) is 5.13 Å². The van der Waals surface area contributed by atoms with E-state index in [9.17, 15) is 19.1 Å². The fourth-order valence-corrected chi connectivity index (χ4v) is 6.86. The molecule has 3 aromatic heterocycles. The molecule has 1 aliphatic heterocycles. The van der Waals surface area contributed by atoms with E-state index >= 15 is 0 Å². The summed E-state index contributed by atoms with van der Waals surface area (Å²) < 4.78 is 21.4. The highest BCUT2D eigenvalue weighted by Gasteiger charge is 2.49. The maximum absolute atomic E-state index is 13.7. The molecule has 12 heteroatoms. The number of rotatable bonds is 10. The smallest absolute Gasteiger partial charge is 0.301 e. The minimum Gasteiger partial charge on any atom is -0.505 e. The van der Waals surface area contributed by atoms with Crippen LogP contribution in [0.1, 0.15) is 48.3 Å². The lowest BCUT2D eigenvalue weighted by atomic mass is 9.96. The van der Waals surface area contributed by atoms with Gasteiger partial charge in [-0.2, -0.15) is 0 Å². The number of aromatic nitrogens is 4. The number of carbonyl (C=O) groups excluding carboxylic acids is 2. The van der Waals surface area contributed by atoms with Crippen molar-refractivity contribution < 1.29 is 23.8 Å². The SMILES string of the molecule is CCCCOc1ccc(C2C(=C(O)c3c(C)nc4ccccn34)C(=O)C(=O)N2c2nnc(SCc3ccc(F)cc3)s2)cc1. The number of carbonyl (C=O) groups is 2. The van der Waals surface area contributed by atoms with Crippen LogP contribution in [0.25, 0.3) is 11.4 Å². The normalized spacial score (nSPS) is 16.2. The van der Waals surface area contributed by atoms with Crippen molar-refractivity contribution in [1.82, 2.24) is 19.6 Å². The molecule has 1 unspecified atom stereocenters. The van der Waals surface area contributed by atoms with Gasteiger partial charge in [-0.05, 0) is 60.9 Å². The topological polar surface area (TPSA) is 110 Å². The van der Waals surface area contributed by atoms with E-state index in [1.807, 2.05) is 6.07 Å². The molecule has 224 valence electrons. The lowest BCUT2D eigenvalue weighted by Crippen LogP contribution is -2.29. The first-order valence-corrected chi connectivity index (χ1v) is 15.8. The van der Waals surface area contributed by atoms with Crippen LogP contribution in [0.3, 0.4) is 0 Å². The number of aliphatic hydroxyl groups excluding tert-OH is 1. The Morgan fingerprint density at radius 1 is 1.07 bits per heavy atom. The van der Waals surface area contributed by atoms with Gasteiger partial charge < -0.3 is 9.84 Å². The van der Waals surface area contributed by atoms with Crippen LogP contribution in [0.5, 0.6) is 5.75 Å². The van der Waals surface area contributed by atoms with Crippen molar-refractivity contribution in [3.05, 3.63) is 107 Å². The predicted molar refractivity (Wildman–Crippen MR) is 167 cm³/mol. The van der Waals surface area contributed by atoms with Gasteiger partial charge in [0.1, 0.15) is 22.9 Å². The zero-order chi connectivity index (χ0) is 30.8. The second-order valence-electron chi connectivity index (χ2n) is 10.2.